The van der Waals surface area contributed by atoms with Crippen molar-refractivity contribution in [2.45, 2.75) is 6.42 Å². The number of carboxylic acid groups (broad SMARTS) is 1. The van der Waals surface area contributed by atoms with E-state index in [4.69, 9.17) is 5.11 Å². The molecule has 6 heteroatoms. The van der Waals surface area contributed by atoms with Crippen molar-refractivity contribution in [1.29, 1.82) is 0 Å². The van der Waals surface area contributed by atoms with E-state index in [0.717, 1.165) is 0 Å². The van der Waals surface area contributed by atoms with Crippen LogP contribution in [0.15, 0.2) is 42.6 Å². The SMILES string of the molecule is O=C(O)C(=O)C=C(O)c1cc[nH]c1Cc1cccc(F)c1. The van der Waals surface area contributed by atoms with Gasteiger partial charge in [-0.15, -0.1) is 0 Å². The third-order valence-corrected chi connectivity index (χ3v) is 2.86. The molecule has 21 heavy (non-hydrogen) atoms. The molecule has 0 spiro atoms. The average Bonchev–Trinajstić information content (AvgIpc) is 2.86. The van der Waals surface area contributed by atoms with Gasteiger partial charge in [-0.1, -0.05) is 12.1 Å². The zero-order chi connectivity index (χ0) is 15.4. The van der Waals surface area contributed by atoms with Crippen molar-refractivity contribution in [2.24, 2.45) is 0 Å². The fourth-order valence-electron chi connectivity index (χ4n) is 1.90. The van der Waals surface area contributed by atoms with Gasteiger partial charge in [0.1, 0.15) is 11.6 Å². The van der Waals surface area contributed by atoms with Crippen molar-refractivity contribution in [2.75, 3.05) is 0 Å². The number of carbonyl (C=O) groups excluding carboxylic acids is 1. The van der Waals surface area contributed by atoms with Gasteiger partial charge in [-0.2, -0.15) is 0 Å². The third-order valence-electron chi connectivity index (χ3n) is 2.86. The van der Waals surface area contributed by atoms with Crippen LogP contribution in [0.25, 0.3) is 5.76 Å². The van der Waals surface area contributed by atoms with E-state index in [2.05, 4.69) is 4.98 Å². The Hall–Kier alpha value is -2.89. The van der Waals surface area contributed by atoms with Crippen LogP contribution in [-0.2, 0) is 16.0 Å². The van der Waals surface area contributed by atoms with E-state index in [9.17, 15) is 19.1 Å². The number of aliphatic hydroxyl groups excluding tert-OH is 1. The molecule has 1 aromatic carbocycles. The van der Waals surface area contributed by atoms with Gasteiger partial charge in [-0.3, -0.25) is 4.79 Å². The van der Waals surface area contributed by atoms with Crippen LogP contribution in [0.5, 0.6) is 0 Å². The number of H-pyrrole nitrogens is 1. The van der Waals surface area contributed by atoms with Crippen LogP contribution in [0.1, 0.15) is 16.8 Å². The highest BCUT2D eigenvalue weighted by Crippen LogP contribution is 2.19. The molecule has 5 nitrogen and oxygen atoms in total. The van der Waals surface area contributed by atoms with E-state index in [0.29, 0.717) is 29.3 Å². The van der Waals surface area contributed by atoms with Crippen molar-refractivity contribution >= 4 is 17.5 Å². The molecule has 0 saturated carbocycles. The molecule has 2 aromatic rings. The molecule has 0 aliphatic rings. The fraction of sp³-hybridized carbons (Fsp3) is 0.0667. The number of aliphatic hydroxyl groups is 1. The van der Waals surface area contributed by atoms with Crippen molar-refractivity contribution in [1.82, 2.24) is 4.98 Å². The fourth-order valence-corrected chi connectivity index (χ4v) is 1.90. The molecule has 0 atom stereocenters. The van der Waals surface area contributed by atoms with Crippen molar-refractivity contribution < 1.29 is 24.2 Å². The lowest BCUT2D eigenvalue weighted by Gasteiger charge is -2.04. The molecule has 0 saturated heterocycles. The van der Waals surface area contributed by atoms with Crippen LogP contribution in [0, 0.1) is 5.82 Å². The summed E-state index contributed by atoms with van der Waals surface area (Å²) in [7, 11) is 0. The van der Waals surface area contributed by atoms with E-state index in [1.54, 1.807) is 18.3 Å². The lowest BCUT2D eigenvalue weighted by molar-refractivity contribution is -0.146. The predicted molar refractivity (Wildman–Crippen MR) is 73.2 cm³/mol. The minimum atomic E-state index is -1.65. The van der Waals surface area contributed by atoms with Crippen molar-refractivity contribution in [3.05, 3.63) is 65.2 Å². The van der Waals surface area contributed by atoms with Gasteiger partial charge in [-0.25, -0.2) is 9.18 Å². The summed E-state index contributed by atoms with van der Waals surface area (Å²) >= 11 is 0. The summed E-state index contributed by atoms with van der Waals surface area (Å²) < 4.78 is 13.1. The second-order valence-electron chi connectivity index (χ2n) is 4.38. The standard InChI is InChI=1S/C15H12FNO4/c16-10-3-1-2-9(6-10)7-12-11(4-5-17-12)13(18)8-14(19)15(20)21/h1-6,8,17-18H,7H2,(H,20,21). The van der Waals surface area contributed by atoms with Crippen LogP contribution < -0.4 is 0 Å². The largest absolute Gasteiger partial charge is 0.507 e. The Labute approximate surface area is 119 Å². The summed E-state index contributed by atoms with van der Waals surface area (Å²) in [4.78, 5) is 24.4. The summed E-state index contributed by atoms with van der Waals surface area (Å²) in [5.74, 6) is -3.69. The second kappa shape index (κ2) is 6.04. The number of aromatic nitrogens is 1. The smallest absolute Gasteiger partial charge is 0.376 e. The Morgan fingerprint density at radius 3 is 2.67 bits per heavy atom. The molecule has 0 bridgehead atoms. The number of hydrogen-bond acceptors (Lipinski definition) is 3. The monoisotopic (exact) mass is 289 g/mol. The molecule has 0 fully saturated rings. The Balaban J connectivity index is 2.26. The molecular weight excluding hydrogens is 277 g/mol. The van der Waals surface area contributed by atoms with Crippen molar-refractivity contribution in [3.63, 3.8) is 0 Å². The van der Waals surface area contributed by atoms with Crippen LogP contribution in [0.2, 0.25) is 0 Å². The van der Waals surface area contributed by atoms with Gasteiger partial charge >= 0.3 is 5.97 Å². The predicted octanol–water partition coefficient (Wildman–Crippen LogP) is 2.30. The first kappa shape index (κ1) is 14.5. The highest BCUT2D eigenvalue weighted by Gasteiger charge is 2.14. The number of aliphatic carboxylic acids is 1. The Morgan fingerprint density at radius 1 is 1.24 bits per heavy atom. The first-order chi connectivity index (χ1) is 9.97. The van der Waals surface area contributed by atoms with Crippen molar-refractivity contribution in [3.8, 4) is 0 Å². The van der Waals surface area contributed by atoms with Gasteiger partial charge < -0.3 is 15.2 Å². The number of nitrogens with one attached hydrogen (secondary N) is 1. The van der Waals surface area contributed by atoms with E-state index in [1.807, 2.05) is 0 Å². The number of carbonyl (C=O) groups is 2. The van der Waals surface area contributed by atoms with Gasteiger partial charge in [0.25, 0.3) is 5.78 Å². The van der Waals surface area contributed by atoms with E-state index < -0.39 is 17.5 Å². The highest BCUT2D eigenvalue weighted by atomic mass is 19.1. The lowest BCUT2D eigenvalue weighted by Crippen LogP contribution is -2.09. The summed E-state index contributed by atoms with van der Waals surface area (Å²) in [5.41, 5.74) is 1.53. The summed E-state index contributed by atoms with van der Waals surface area (Å²) in [5, 5.41) is 18.3. The molecule has 2 rings (SSSR count). The molecule has 0 aliphatic heterocycles. The molecule has 1 aromatic heterocycles. The van der Waals surface area contributed by atoms with Crippen LogP contribution in [0.3, 0.4) is 0 Å². The molecule has 0 radical (unpaired) electrons. The summed E-state index contributed by atoms with van der Waals surface area (Å²) in [6.07, 6.45) is 2.49. The van der Waals surface area contributed by atoms with Crippen LogP contribution in [-0.4, -0.2) is 26.9 Å². The van der Waals surface area contributed by atoms with Crippen LogP contribution >= 0.6 is 0 Å². The van der Waals surface area contributed by atoms with E-state index >= 15 is 0 Å². The molecular formula is C15H12FNO4. The Kier molecular flexibility index (Phi) is 4.18. The van der Waals surface area contributed by atoms with Gasteiger partial charge in [-0.05, 0) is 23.8 Å². The minimum absolute atomic E-state index is 0.300. The number of ketones is 1. The summed E-state index contributed by atoms with van der Waals surface area (Å²) in [6, 6.07) is 7.47. The zero-order valence-electron chi connectivity index (χ0n) is 10.8. The van der Waals surface area contributed by atoms with E-state index in [1.165, 1.54) is 18.2 Å². The maximum atomic E-state index is 13.1. The molecule has 0 amide bonds. The molecule has 108 valence electrons. The van der Waals surface area contributed by atoms with E-state index in [-0.39, 0.29) is 5.82 Å². The lowest BCUT2D eigenvalue weighted by atomic mass is 10.1. The number of rotatable bonds is 5. The quantitative estimate of drug-likeness (QED) is 0.447. The number of carboxylic acids is 1. The van der Waals surface area contributed by atoms with Gasteiger partial charge in [0.15, 0.2) is 0 Å². The Bertz CT molecular complexity index is 718. The number of aromatic amines is 1. The number of hydrogen-bond donors (Lipinski definition) is 3. The topological polar surface area (TPSA) is 90.4 Å². The highest BCUT2D eigenvalue weighted by molar-refractivity contribution is 6.38. The first-order valence-electron chi connectivity index (χ1n) is 6.06. The molecule has 0 aliphatic carbocycles. The third kappa shape index (κ3) is 3.56. The second-order valence-corrected chi connectivity index (χ2v) is 4.38. The Morgan fingerprint density at radius 2 is 2.00 bits per heavy atom. The average molecular weight is 289 g/mol. The van der Waals surface area contributed by atoms with Gasteiger partial charge in [0.2, 0.25) is 0 Å². The minimum Gasteiger partial charge on any atom is -0.507 e. The normalized spacial score (nSPS) is 11.4. The van der Waals surface area contributed by atoms with Gasteiger partial charge in [0.05, 0.1) is 0 Å². The van der Waals surface area contributed by atoms with Crippen LogP contribution in [0.4, 0.5) is 4.39 Å². The maximum Gasteiger partial charge on any atom is 0.376 e. The van der Waals surface area contributed by atoms with Gasteiger partial charge in [0, 0.05) is 30.0 Å². The first-order valence-corrected chi connectivity index (χ1v) is 6.06. The zero-order valence-corrected chi connectivity index (χ0v) is 10.8. The molecule has 1 heterocycles. The number of halogens is 1. The number of benzene rings is 1. The molecule has 3 N–H and O–H groups in total. The maximum absolute atomic E-state index is 13.1. The summed E-state index contributed by atoms with van der Waals surface area (Å²) in [6.45, 7) is 0. The molecule has 0 unspecified atom stereocenters.